The summed E-state index contributed by atoms with van der Waals surface area (Å²) in [5, 5.41) is 1.14. The summed E-state index contributed by atoms with van der Waals surface area (Å²) in [6.07, 6.45) is 0. The zero-order chi connectivity index (χ0) is 9.42. The number of hydrogen-bond donors (Lipinski definition) is 0. The molecule has 2 aromatic rings. The summed E-state index contributed by atoms with van der Waals surface area (Å²) in [6.45, 7) is 4.08. The van der Waals surface area contributed by atoms with Gasteiger partial charge in [-0.1, -0.05) is 18.2 Å². The number of para-hydroxylation sites is 1. The molecule has 0 bridgehead atoms. The molecule has 2 radical (unpaired) electrons. The molecular formula is C10H9AlN2. The van der Waals surface area contributed by atoms with Gasteiger partial charge >= 0.3 is 0 Å². The highest BCUT2D eigenvalue weighted by Gasteiger charge is 2.01. The molecule has 0 aliphatic heterocycles. The molecule has 0 unspecified atom stereocenters. The van der Waals surface area contributed by atoms with Crippen molar-refractivity contribution in [1.82, 2.24) is 9.97 Å². The SMILES string of the molecule is Cc1n[c]([Al])nc2c(C)cccc12. The Kier molecular flexibility index (Phi) is 2.07. The maximum absolute atomic E-state index is 4.39. The van der Waals surface area contributed by atoms with E-state index in [1.165, 1.54) is 5.56 Å². The fraction of sp³-hybridized carbons (Fsp3) is 0.200. The molecule has 0 saturated heterocycles. The number of aromatic nitrogens is 2. The molecule has 62 valence electrons. The average Bonchev–Trinajstić information content (AvgIpc) is 2.07. The molecule has 13 heavy (non-hydrogen) atoms. The van der Waals surface area contributed by atoms with Crippen LogP contribution in [0.15, 0.2) is 18.2 Å². The molecule has 1 heterocycles. The third-order valence-corrected chi connectivity index (χ3v) is 2.39. The number of rotatable bonds is 0. The highest BCUT2D eigenvalue weighted by atomic mass is 27.0. The van der Waals surface area contributed by atoms with Gasteiger partial charge in [0.05, 0.1) is 5.52 Å². The summed E-state index contributed by atoms with van der Waals surface area (Å²) in [4.78, 5) is 8.68. The van der Waals surface area contributed by atoms with Crippen LogP contribution < -0.4 is 4.69 Å². The van der Waals surface area contributed by atoms with E-state index in [2.05, 4.69) is 45.3 Å². The first-order valence-corrected chi connectivity index (χ1v) is 4.75. The third-order valence-electron chi connectivity index (χ3n) is 2.14. The second-order valence-corrected chi connectivity index (χ2v) is 3.65. The summed E-state index contributed by atoms with van der Waals surface area (Å²) in [7, 11) is 0. The van der Waals surface area contributed by atoms with Crippen molar-refractivity contribution in [3.05, 3.63) is 29.5 Å². The molecule has 0 aliphatic carbocycles. The second-order valence-electron chi connectivity index (χ2n) is 3.14. The zero-order valence-corrected chi connectivity index (χ0v) is 8.86. The van der Waals surface area contributed by atoms with Gasteiger partial charge in [0.2, 0.25) is 16.3 Å². The highest BCUT2D eigenvalue weighted by molar-refractivity contribution is 6.29. The van der Waals surface area contributed by atoms with Crippen molar-refractivity contribution in [3.8, 4) is 0 Å². The molecule has 3 heteroatoms. The minimum Gasteiger partial charge on any atom is -0.260 e. The van der Waals surface area contributed by atoms with E-state index in [9.17, 15) is 0 Å². The lowest BCUT2D eigenvalue weighted by Crippen LogP contribution is -2.14. The maximum Gasteiger partial charge on any atom is 0.244 e. The Balaban J connectivity index is 2.94. The summed E-state index contributed by atoms with van der Waals surface area (Å²) in [5.74, 6) is 0. The Bertz CT molecular complexity index is 466. The van der Waals surface area contributed by atoms with Crippen molar-refractivity contribution in [2.45, 2.75) is 13.8 Å². The molecule has 0 aliphatic rings. The normalized spacial score (nSPS) is 10.6. The number of hydrogen-bond acceptors (Lipinski definition) is 2. The van der Waals surface area contributed by atoms with Gasteiger partial charge in [-0.2, -0.15) is 0 Å². The molecule has 2 nitrogen and oxygen atoms in total. The Hall–Kier alpha value is -0.908. The molecule has 0 fully saturated rings. The molecule has 1 aromatic carbocycles. The summed E-state index contributed by atoms with van der Waals surface area (Å²) >= 11 is 2.54. The van der Waals surface area contributed by atoms with E-state index in [1.807, 2.05) is 13.0 Å². The Morgan fingerprint density at radius 3 is 2.69 bits per heavy atom. The minimum atomic E-state index is 0.763. The summed E-state index contributed by atoms with van der Waals surface area (Å²) in [5.41, 5.74) is 3.30. The maximum atomic E-state index is 4.39. The lowest BCUT2D eigenvalue weighted by molar-refractivity contribution is 1.20. The fourth-order valence-corrected chi connectivity index (χ4v) is 1.79. The van der Waals surface area contributed by atoms with Crippen LogP contribution in [0.3, 0.4) is 0 Å². The van der Waals surface area contributed by atoms with Gasteiger partial charge in [0.1, 0.15) is 0 Å². The molecule has 0 N–H and O–H groups in total. The lowest BCUT2D eigenvalue weighted by atomic mass is 10.1. The summed E-state index contributed by atoms with van der Waals surface area (Å²) < 4.78 is 0.763. The highest BCUT2D eigenvalue weighted by Crippen LogP contribution is 2.15. The third kappa shape index (κ3) is 1.46. The van der Waals surface area contributed by atoms with Gasteiger partial charge in [0, 0.05) is 15.8 Å². The van der Waals surface area contributed by atoms with Crippen LogP contribution >= 0.6 is 0 Å². The summed E-state index contributed by atoms with van der Waals surface area (Å²) in [6, 6.07) is 6.16. The molecule has 0 spiro atoms. The first kappa shape index (κ1) is 8.68. The van der Waals surface area contributed by atoms with Gasteiger partial charge in [0.25, 0.3) is 0 Å². The van der Waals surface area contributed by atoms with Gasteiger partial charge in [-0.25, -0.2) is 0 Å². The Morgan fingerprint density at radius 2 is 1.92 bits per heavy atom. The van der Waals surface area contributed by atoms with Crippen molar-refractivity contribution >= 4 is 31.9 Å². The first-order chi connectivity index (χ1) is 6.18. The van der Waals surface area contributed by atoms with E-state index in [-0.39, 0.29) is 0 Å². The van der Waals surface area contributed by atoms with Crippen molar-refractivity contribution in [2.24, 2.45) is 0 Å². The van der Waals surface area contributed by atoms with Gasteiger partial charge < -0.3 is 0 Å². The van der Waals surface area contributed by atoms with Crippen LogP contribution in [0.4, 0.5) is 0 Å². The zero-order valence-electron chi connectivity index (χ0n) is 7.70. The van der Waals surface area contributed by atoms with Crippen LogP contribution in [0.5, 0.6) is 0 Å². The molecule has 0 amide bonds. The Morgan fingerprint density at radius 1 is 1.15 bits per heavy atom. The number of benzene rings is 1. The smallest absolute Gasteiger partial charge is 0.244 e. The Labute approximate surface area is 85.4 Å². The van der Waals surface area contributed by atoms with Gasteiger partial charge in [-0.05, 0) is 19.4 Å². The van der Waals surface area contributed by atoms with E-state index in [0.29, 0.717) is 0 Å². The van der Waals surface area contributed by atoms with Gasteiger partial charge in [-0.15, -0.1) is 0 Å². The fourth-order valence-electron chi connectivity index (χ4n) is 1.47. The van der Waals surface area contributed by atoms with E-state index >= 15 is 0 Å². The molecule has 2 rings (SSSR count). The lowest BCUT2D eigenvalue weighted by Gasteiger charge is -2.05. The van der Waals surface area contributed by atoms with Gasteiger partial charge in [-0.3, -0.25) is 9.97 Å². The minimum absolute atomic E-state index is 0.763. The second kappa shape index (κ2) is 3.10. The standard InChI is InChI=1S/C10H9N2.Al/c1-7-4-3-5-9-8(2)11-6-12-10(7)9;/h3-5H,1-2H3;. The number of fused-ring (bicyclic) bond motifs is 1. The van der Waals surface area contributed by atoms with Crippen LogP contribution in [0.1, 0.15) is 11.3 Å². The van der Waals surface area contributed by atoms with E-state index in [0.717, 1.165) is 21.3 Å². The van der Waals surface area contributed by atoms with E-state index in [1.54, 1.807) is 0 Å². The van der Waals surface area contributed by atoms with Gasteiger partial charge in [0.15, 0.2) is 0 Å². The topological polar surface area (TPSA) is 25.8 Å². The largest absolute Gasteiger partial charge is 0.260 e. The van der Waals surface area contributed by atoms with Crippen LogP contribution in [-0.2, 0) is 0 Å². The van der Waals surface area contributed by atoms with Crippen molar-refractivity contribution in [2.75, 3.05) is 0 Å². The predicted molar refractivity (Wildman–Crippen MR) is 54.4 cm³/mol. The monoisotopic (exact) mass is 184 g/mol. The number of aryl methyl sites for hydroxylation is 2. The molecule has 1 aromatic heterocycles. The predicted octanol–water partition coefficient (Wildman–Crippen LogP) is 1.04. The van der Waals surface area contributed by atoms with Crippen LogP contribution in [0, 0.1) is 13.8 Å². The molecular weight excluding hydrogens is 175 g/mol. The van der Waals surface area contributed by atoms with Crippen LogP contribution in [0.2, 0.25) is 0 Å². The first-order valence-electron chi connectivity index (χ1n) is 4.18. The molecule has 0 atom stereocenters. The van der Waals surface area contributed by atoms with Crippen molar-refractivity contribution in [1.29, 1.82) is 0 Å². The number of nitrogens with zero attached hydrogens (tertiary/aromatic N) is 2. The van der Waals surface area contributed by atoms with E-state index < -0.39 is 0 Å². The quantitative estimate of drug-likeness (QED) is 0.572. The van der Waals surface area contributed by atoms with Crippen LogP contribution in [-0.4, -0.2) is 26.3 Å². The average molecular weight is 184 g/mol. The van der Waals surface area contributed by atoms with Crippen molar-refractivity contribution < 1.29 is 0 Å². The van der Waals surface area contributed by atoms with E-state index in [4.69, 9.17) is 0 Å². The van der Waals surface area contributed by atoms with Crippen molar-refractivity contribution in [3.63, 3.8) is 0 Å². The molecule has 0 saturated carbocycles. The van der Waals surface area contributed by atoms with Crippen LogP contribution in [0.25, 0.3) is 10.9 Å².